The van der Waals surface area contributed by atoms with Crippen molar-refractivity contribution in [2.24, 2.45) is 5.73 Å². The Morgan fingerprint density at radius 1 is 1.41 bits per heavy atom. The molecule has 0 bridgehead atoms. The van der Waals surface area contributed by atoms with Gasteiger partial charge >= 0.3 is 11.9 Å². The SMILES string of the molecule is C=COC(=O)C(N)CCCC(=O)OCCCC. The van der Waals surface area contributed by atoms with E-state index in [1.807, 2.05) is 6.92 Å². The largest absolute Gasteiger partial charge is 0.466 e. The fraction of sp³-hybridized carbons (Fsp3) is 0.667. The van der Waals surface area contributed by atoms with Crippen LogP contribution in [0.15, 0.2) is 12.8 Å². The average molecular weight is 243 g/mol. The minimum atomic E-state index is -0.712. The van der Waals surface area contributed by atoms with Gasteiger partial charge in [0.05, 0.1) is 12.9 Å². The molecule has 0 heterocycles. The van der Waals surface area contributed by atoms with E-state index in [9.17, 15) is 9.59 Å². The molecular formula is C12H21NO4. The number of esters is 2. The van der Waals surface area contributed by atoms with Crippen molar-refractivity contribution in [3.8, 4) is 0 Å². The minimum Gasteiger partial charge on any atom is -0.466 e. The molecule has 5 nitrogen and oxygen atoms in total. The maximum absolute atomic E-state index is 11.2. The molecular weight excluding hydrogens is 222 g/mol. The molecule has 1 unspecified atom stereocenters. The van der Waals surface area contributed by atoms with Crippen molar-refractivity contribution in [2.75, 3.05) is 6.61 Å². The summed E-state index contributed by atoms with van der Waals surface area (Å²) in [5.74, 6) is -0.776. The monoisotopic (exact) mass is 243 g/mol. The van der Waals surface area contributed by atoms with Crippen LogP contribution in [0.3, 0.4) is 0 Å². The van der Waals surface area contributed by atoms with E-state index in [4.69, 9.17) is 10.5 Å². The van der Waals surface area contributed by atoms with Crippen molar-refractivity contribution < 1.29 is 19.1 Å². The second-order valence-corrected chi connectivity index (χ2v) is 3.68. The van der Waals surface area contributed by atoms with Gasteiger partial charge in [-0.3, -0.25) is 4.79 Å². The number of carbonyl (C=O) groups is 2. The van der Waals surface area contributed by atoms with Crippen LogP contribution in [0.5, 0.6) is 0 Å². The molecule has 0 aliphatic carbocycles. The van der Waals surface area contributed by atoms with Crippen molar-refractivity contribution in [3.63, 3.8) is 0 Å². The molecule has 0 rings (SSSR count). The Morgan fingerprint density at radius 2 is 2.12 bits per heavy atom. The molecule has 0 radical (unpaired) electrons. The Kier molecular flexibility index (Phi) is 9.05. The molecule has 98 valence electrons. The lowest BCUT2D eigenvalue weighted by atomic mass is 10.1. The Labute approximate surface area is 102 Å². The summed E-state index contributed by atoms with van der Waals surface area (Å²) in [6.07, 6.45) is 4.09. The Bertz CT molecular complexity index is 253. The van der Waals surface area contributed by atoms with Gasteiger partial charge in [-0.15, -0.1) is 0 Å². The number of ether oxygens (including phenoxy) is 2. The van der Waals surface area contributed by atoms with Gasteiger partial charge in [0, 0.05) is 6.42 Å². The third-order valence-electron chi connectivity index (χ3n) is 2.16. The Balaban J connectivity index is 3.58. The van der Waals surface area contributed by atoms with Gasteiger partial charge in [-0.2, -0.15) is 0 Å². The van der Waals surface area contributed by atoms with Crippen LogP contribution in [0.25, 0.3) is 0 Å². The van der Waals surface area contributed by atoms with E-state index in [1.54, 1.807) is 0 Å². The predicted molar refractivity (Wildman–Crippen MR) is 64.0 cm³/mol. The summed E-state index contributed by atoms with van der Waals surface area (Å²) in [5.41, 5.74) is 5.54. The number of unbranched alkanes of at least 4 members (excludes halogenated alkanes) is 1. The van der Waals surface area contributed by atoms with Crippen LogP contribution in [0.1, 0.15) is 39.0 Å². The van der Waals surface area contributed by atoms with Crippen LogP contribution < -0.4 is 5.73 Å². The lowest BCUT2D eigenvalue weighted by molar-refractivity contribution is -0.144. The van der Waals surface area contributed by atoms with Crippen molar-refractivity contribution in [3.05, 3.63) is 12.8 Å². The fourth-order valence-electron chi connectivity index (χ4n) is 1.16. The van der Waals surface area contributed by atoms with Crippen LogP contribution in [-0.2, 0) is 19.1 Å². The summed E-state index contributed by atoms with van der Waals surface area (Å²) >= 11 is 0. The zero-order valence-electron chi connectivity index (χ0n) is 10.3. The van der Waals surface area contributed by atoms with Gasteiger partial charge in [-0.1, -0.05) is 19.9 Å². The highest BCUT2D eigenvalue weighted by molar-refractivity contribution is 5.76. The fourth-order valence-corrected chi connectivity index (χ4v) is 1.16. The lowest BCUT2D eigenvalue weighted by Crippen LogP contribution is -2.31. The van der Waals surface area contributed by atoms with E-state index in [0.717, 1.165) is 19.1 Å². The van der Waals surface area contributed by atoms with Gasteiger partial charge in [0.1, 0.15) is 6.04 Å². The molecule has 0 saturated heterocycles. The summed E-state index contributed by atoms with van der Waals surface area (Å²) in [5, 5.41) is 0. The second kappa shape index (κ2) is 9.84. The third kappa shape index (κ3) is 8.45. The predicted octanol–water partition coefficient (Wildman–Crippen LogP) is 1.51. The molecule has 0 amide bonds. The highest BCUT2D eigenvalue weighted by Crippen LogP contribution is 2.03. The van der Waals surface area contributed by atoms with Gasteiger partial charge in [0.15, 0.2) is 0 Å². The third-order valence-corrected chi connectivity index (χ3v) is 2.16. The smallest absolute Gasteiger partial charge is 0.327 e. The first-order valence-electron chi connectivity index (χ1n) is 5.84. The Morgan fingerprint density at radius 3 is 2.71 bits per heavy atom. The van der Waals surface area contributed by atoms with Crippen LogP contribution in [0.4, 0.5) is 0 Å². The van der Waals surface area contributed by atoms with Crippen molar-refractivity contribution in [1.82, 2.24) is 0 Å². The first-order chi connectivity index (χ1) is 8.11. The zero-order valence-corrected chi connectivity index (χ0v) is 10.3. The molecule has 0 aliphatic heterocycles. The number of hydrogen-bond acceptors (Lipinski definition) is 5. The number of nitrogens with two attached hydrogens (primary N) is 1. The highest BCUT2D eigenvalue weighted by atomic mass is 16.5. The van der Waals surface area contributed by atoms with E-state index >= 15 is 0 Å². The van der Waals surface area contributed by atoms with Crippen LogP contribution in [0.2, 0.25) is 0 Å². The van der Waals surface area contributed by atoms with Gasteiger partial charge in [0.2, 0.25) is 0 Å². The number of carbonyl (C=O) groups excluding carboxylic acids is 2. The van der Waals surface area contributed by atoms with E-state index in [0.29, 0.717) is 19.4 Å². The summed E-state index contributed by atoms with van der Waals surface area (Å²) in [6, 6.07) is -0.712. The van der Waals surface area contributed by atoms with Gasteiger partial charge in [0.25, 0.3) is 0 Å². The number of hydrogen-bond donors (Lipinski definition) is 1. The minimum absolute atomic E-state index is 0.247. The topological polar surface area (TPSA) is 78.6 Å². The second-order valence-electron chi connectivity index (χ2n) is 3.68. The first kappa shape index (κ1) is 15.6. The van der Waals surface area contributed by atoms with Crippen molar-refractivity contribution in [2.45, 2.75) is 45.1 Å². The van der Waals surface area contributed by atoms with Gasteiger partial charge < -0.3 is 15.2 Å². The van der Waals surface area contributed by atoms with Crippen LogP contribution >= 0.6 is 0 Å². The molecule has 0 saturated carbocycles. The normalized spacial score (nSPS) is 11.6. The molecule has 0 spiro atoms. The van der Waals surface area contributed by atoms with Crippen molar-refractivity contribution in [1.29, 1.82) is 0 Å². The average Bonchev–Trinajstić information content (AvgIpc) is 2.29. The molecule has 0 aromatic carbocycles. The molecule has 0 aromatic rings. The standard InChI is InChI=1S/C12H21NO4/c1-3-5-9-17-11(14)8-6-7-10(13)12(15)16-4-2/h4,10H,2-3,5-9,13H2,1H3. The summed E-state index contributed by atoms with van der Waals surface area (Å²) in [6.45, 7) is 5.74. The molecule has 0 aliphatic rings. The maximum atomic E-state index is 11.2. The van der Waals surface area contributed by atoms with Crippen LogP contribution in [0, 0.1) is 0 Å². The zero-order chi connectivity index (χ0) is 13.1. The summed E-state index contributed by atoms with van der Waals surface area (Å²) in [4.78, 5) is 22.3. The Hall–Kier alpha value is -1.36. The quantitative estimate of drug-likeness (QED) is 0.377. The molecule has 5 heteroatoms. The summed E-state index contributed by atoms with van der Waals surface area (Å²) in [7, 11) is 0. The van der Waals surface area contributed by atoms with Gasteiger partial charge in [-0.25, -0.2) is 4.79 Å². The lowest BCUT2D eigenvalue weighted by Gasteiger charge is -2.08. The van der Waals surface area contributed by atoms with E-state index in [-0.39, 0.29) is 12.4 Å². The number of rotatable bonds is 9. The van der Waals surface area contributed by atoms with Crippen molar-refractivity contribution >= 4 is 11.9 Å². The maximum Gasteiger partial charge on any atom is 0.327 e. The highest BCUT2D eigenvalue weighted by Gasteiger charge is 2.14. The van der Waals surface area contributed by atoms with Crippen LogP contribution in [-0.4, -0.2) is 24.6 Å². The molecule has 0 aromatic heterocycles. The van der Waals surface area contributed by atoms with E-state index < -0.39 is 12.0 Å². The van der Waals surface area contributed by atoms with E-state index in [1.165, 1.54) is 0 Å². The van der Waals surface area contributed by atoms with Gasteiger partial charge in [-0.05, 0) is 19.3 Å². The first-order valence-corrected chi connectivity index (χ1v) is 5.84. The van der Waals surface area contributed by atoms with E-state index in [2.05, 4.69) is 11.3 Å². The molecule has 1 atom stereocenters. The molecule has 0 fully saturated rings. The summed E-state index contributed by atoms with van der Waals surface area (Å²) < 4.78 is 9.48. The molecule has 17 heavy (non-hydrogen) atoms. The molecule has 2 N–H and O–H groups in total.